The van der Waals surface area contributed by atoms with E-state index in [1.165, 1.54) is 32.1 Å². The van der Waals surface area contributed by atoms with Crippen molar-refractivity contribution in [1.82, 2.24) is 0 Å². The summed E-state index contributed by atoms with van der Waals surface area (Å²) in [7, 11) is 0. The lowest BCUT2D eigenvalue weighted by molar-refractivity contribution is -0.320. The summed E-state index contributed by atoms with van der Waals surface area (Å²) in [4.78, 5) is 21.2. The molecular weight excluding hydrogens is 328 g/mol. The first-order valence-corrected chi connectivity index (χ1v) is 10.6. The minimum atomic E-state index is -0.450. The quantitative estimate of drug-likeness (QED) is 0.151. The topological polar surface area (TPSA) is 55.8 Å². The van der Waals surface area contributed by atoms with Gasteiger partial charge in [0.15, 0.2) is 0 Å². The van der Waals surface area contributed by atoms with E-state index in [0.29, 0.717) is 6.42 Å². The van der Waals surface area contributed by atoms with Gasteiger partial charge in [-0.25, -0.2) is 4.79 Å². The lowest BCUT2D eigenvalue weighted by Crippen LogP contribution is -2.21. The summed E-state index contributed by atoms with van der Waals surface area (Å²) in [6.07, 6.45) is 17.6. The van der Waals surface area contributed by atoms with Crippen molar-refractivity contribution in [2.45, 2.75) is 123 Å². The normalized spacial score (nSPS) is 13.3. The van der Waals surface area contributed by atoms with E-state index in [0.717, 1.165) is 44.9 Å². The van der Waals surface area contributed by atoms with Crippen molar-refractivity contribution >= 4 is 5.97 Å². The molecule has 0 saturated carbocycles. The molecule has 0 rings (SSSR count). The average Bonchev–Trinajstić information content (AvgIpc) is 2.58. The molecule has 1 N–H and O–H groups in total. The third-order valence-corrected chi connectivity index (χ3v) is 4.10. The molecule has 0 unspecified atom stereocenters. The summed E-state index contributed by atoms with van der Waals surface area (Å²) in [6, 6.07) is 0. The zero-order chi connectivity index (χ0) is 19.7. The van der Waals surface area contributed by atoms with Gasteiger partial charge in [-0.15, -0.1) is 0 Å². The molecule has 0 amide bonds. The fourth-order valence-corrected chi connectivity index (χ4v) is 2.57. The Balaban J connectivity index is 3.38. The van der Waals surface area contributed by atoms with Crippen molar-refractivity contribution < 1.29 is 19.7 Å². The van der Waals surface area contributed by atoms with Crippen LogP contribution in [0.25, 0.3) is 0 Å². The maximum Gasteiger partial charge on any atom is 0.342 e. The predicted octanol–water partition coefficient (Wildman–Crippen LogP) is 6.27. The van der Waals surface area contributed by atoms with Crippen LogP contribution in [0.5, 0.6) is 0 Å². The van der Waals surface area contributed by atoms with E-state index in [-0.39, 0.29) is 12.1 Å². The molecule has 0 aliphatic carbocycles. The van der Waals surface area contributed by atoms with Crippen molar-refractivity contribution in [3.63, 3.8) is 0 Å². The van der Waals surface area contributed by atoms with Gasteiger partial charge in [-0.05, 0) is 52.9 Å². The number of carbonyl (C=O) groups excluding carboxylic acids is 1. The number of aliphatic hydroxyl groups excluding tert-OH is 1. The van der Waals surface area contributed by atoms with Crippen LogP contribution in [0.15, 0.2) is 12.2 Å². The third-order valence-electron chi connectivity index (χ3n) is 4.10. The van der Waals surface area contributed by atoms with Gasteiger partial charge >= 0.3 is 5.97 Å². The van der Waals surface area contributed by atoms with E-state index in [2.05, 4.69) is 19.1 Å². The molecule has 0 aromatic rings. The number of hydrogen-bond acceptors (Lipinski definition) is 4. The number of aliphatic hydroxyl groups is 1. The van der Waals surface area contributed by atoms with Gasteiger partial charge in [0.05, 0.1) is 6.10 Å². The molecule has 4 heteroatoms. The first-order valence-electron chi connectivity index (χ1n) is 10.6. The SMILES string of the molecule is CCCCCC[C@@H](O)C/C=C\CCCCCCCC(=O)OOC(C)(C)C. The van der Waals surface area contributed by atoms with Gasteiger partial charge in [0.1, 0.15) is 5.60 Å². The van der Waals surface area contributed by atoms with Gasteiger partial charge in [-0.1, -0.05) is 64.0 Å². The summed E-state index contributed by atoms with van der Waals surface area (Å²) in [5.41, 5.74) is -0.450. The van der Waals surface area contributed by atoms with Gasteiger partial charge < -0.3 is 5.11 Å². The highest BCUT2D eigenvalue weighted by Crippen LogP contribution is 2.12. The average molecular weight is 371 g/mol. The minimum Gasteiger partial charge on any atom is -0.393 e. The summed E-state index contributed by atoms with van der Waals surface area (Å²) in [5.74, 6) is -0.281. The molecule has 1 atom stereocenters. The molecule has 0 fully saturated rings. The third kappa shape index (κ3) is 19.5. The van der Waals surface area contributed by atoms with Crippen molar-refractivity contribution in [1.29, 1.82) is 0 Å². The predicted molar refractivity (Wildman–Crippen MR) is 108 cm³/mol. The summed E-state index contributed by atoms with van der Waals surface area (Å²) in [6.45, 7) is 7.76. The molecule has 0 radical (unpaired) electrons. The second-order valence-electron chi connectivity index (χ2n) is 8.17. The summed E-state index contributed by atoms with van der Waals surface area (Å²) in [5, 5.41) is 9.88. The molecule has 0 aliphatic heterocycles. The van der Waals surface area contributed by atoms with Gasteiger partial charge in [0.2, 0.25) is 0 Å². The molecule has 0 saturated heterocycles. The molecule has 0 aromatic carbocycles. The zero-order valence-corrected chi connectivity index (χ0v) is 17.6. The molecule has 0 spiro atoms. The van der Waals surface area contributed by atoms with Crippen LogP contribution in [-0.4, -0.2) is 22.8 Å². The number of allylic oxidation sites excluding steroid dienone is 1. The molecule has 0 bridgehead atoms. The maximum atomic E-state index is 11.5. The zero-order valence-electron chi connectivity index (χ0n) is 17.6. The first-order chi connectivity index (χ1) is 12.3. The molecule has 0 aromatic heterocycles. The summed E-state index contributed by atoms with van der Waals surface area (Å²) >= 11 is 0. The van der Waals surface area contributed by atoms with Gasteiger partial charge in [0.25, 0.3) is 0 Å². The summed E-state index contributed by atoms with van der Waals surface area (Å²) < 4.78 is 0. The lowest BCUT2D eigenvalue weighted by atomic mass is 10.1. The Hall–Kier alpha value is -0.870. The lowest BCUT2D eigenvalue weighted by Gasteiger charge is -2.16. The van der Waals surface area contributed by atoms with Gasteiger partial charge in [-0.2, -0.15) is 4.89 Å². The Morgan fingerprint density at radius 2 is 1.62 bits per heavy atom. The number of unbranched alkanes of at least 4 members (excludes halogenated alkanes) is 8. The van der Waals surface area contributed by atoms with Crippen molar-refractivity contribution in [2.24, 2.45) is 0 Å². The Morgan fingerprint density at radius 3 is 2.31 bits per heavy atom. The molecule has 154 valence electrons. The van der Waals surface area contributed by atoms with Crippen LogP contribution in [-0.2, 0) is 14.6 Å². The Kier molecular flexibility index (Phi) is 15.8. The number of hydrogen-bond donors (Lipinski definition) is 1. The van der Waals surface area contributed by atoms with Crippen LogP contribution in [0.2, 0.25) is 0 Å². The minimum absolute atomic E-state index is 0.176. The molecular formula is C22H42O4. The van der Waals surface area contributed by atoms with Crippen LogP contribution in [0.3, 0.4) is 0 Å². The highest BCUT2D eigenvalue weighted by molar-refractivity contribution is 5.68. The van der Waals surface area contributed by atoms with Crippen LogP contribution >= 0.6 is 0 Å². The van der Waals surface area contributed by atoms with Crippen molar-refractivity contribution in [3.8, 4) is 0 Å². The van der Waals surface area contributed by atoms with Gasteiger partial charge in [0, 0.05) is 6.42 Å². The van der Waals surface area contributed by atoms with Crippen molar-refractivity contribution in [3.05, 3.63) is 12.2 Å². The molecule has 0 heterocycles. The second-order valence-corrected chi connectivity index (χ2v) is 8.17. The van der Waals surface area contributed by atoms with Crippen LogP contribution < -0.4 is 0 Å². The second kappa shape index (κ2) is 16.3. The van der Waals surface area contributed by atoms with E-state index < -0.39 is 5.60 Å². The Morgan fingerprint density at radius 1 is 0.962 bits per heavy atom. The van der Waals surface area contributed by atoms with Crippen LogP contribution in [0.1, 0.15) is 111 Å². The number of rotatable bonds is 16. The van der Waals surface area contributed by atoms with E-state index in [1.807, 2.05) is 20.8 Å². The monoisotopic (exact) mass is 370 g/mol. The van der Waals surface area contributed by atoms with E-state index in [9.17, 15) is 9.90 Å². The van der Waals surface area contributed by atoms with E-state index >= 15 is 0 Å². The fourth-order valence-electron chi connectivity index (χ4n) is 2.57. The first kappa shape index (κ1) is 25.1. The highest BCUT2D eigenvalue weighted by Gasteiger charge is 2.14. The van der Waals surface area contributed by atoms with E-state index in [4.69, 9.17) is 9.78 Å². The smallest absolute Gasteiger partial charge is 0.342 e. The van der Waals surface area contributed by atoms with Gasteiger partial charge in [-0.3, -0.25) is 4.89 Å². The Bertz CT molecular complexity index is 358. The maximum absolute atomic E-state index is 11.5. The van der Waals surface area contributed by atoms with Crippen LogP contribution in [0.4, 0.5) is 0 Å². The fraction of sp³-hybridized carbons (Fsp3) is 0.864. The van der Waals surface area contributed by atoms with Crippen molar-refractivity contribution in [2.75, 3.05) is 0 Å². The molecule has 4 nitrogen and oxygen atoms in total. The Labute approximate surface area is 161 Å². The molecule has 0 aliphatic rings. The molecule has 26 heavy (non-hydrogen) atoms. The number of carbonyl (C=O) groups is 1. The highest BCUT2D eigenvalue weighted by atomic mass is 17.2. The standard InChI is InChI=1S/C22H42O4/c1-5-6-7-14-17-20(23)18-15-12-10-8-9-11-13-16-19-21(24)25-26-22(2,3)4/h12,15,20,23H,5-11,13-14,16-19H2,1-4H3/b15-12-/t20-/m1/s1. The van der Waals surface area contributed by atoms with E-state index in [1.54, 1.807) is 0 Å². The largest absolute Gasteiger partial charge is 0.393 e. The van der Waals surface area contributed by atoms with Crippen LogP contribution in [0, 0.1) is 0 Å².